The van der Waals surface area contributed by atoms with Crippen molar-refractivity contribution in [2.45, 2.75) is 0 Å². The third-order valence-corrected chi connectivity index (χ3v) is 4.86. The van der Waals surface area contributed by atoms with Gasteiger partial charge in [0, 0.05) is 18.1 Å². The van der Waals surface area contributed by atoms with Crippen molar-refractivity contribution in [1.82, 2.24) is 4.90 Å². The van der Waals surface area contributed by atoms with Crippen molar-refractivity contribution in [3.8, 4) is 5.75 Å². The average Bonchev–Trinajstić information content (AvgIpc) is 2.86. The summed E-state index contributed by atoms with van der Waals surface area (Å²) in [5, 5.41) is 21.5. The van der Waals surface area contributed by atoms with Gasteiger partial charge in [-0.15, -0.1) is 0 Å². The van der Waals surface area contributed by atoms with Crippen molar-refractivity contribution in [3.05, 3.63) is 68.1 Å². The van der Waals surface area contributed by atoms with Gasteiger partial charge in [-0.25, -0.2) is 4.99 Å². The van der Waals surface area contributed by atoms with Gasteiger partial charge in [0.2, 0.25) is 0 Å². The Labute approximate surface area is 157 Å². The first-order valence-corrected chi connectivity index (χ1v) is 8.54. The van der Waals surface area contributed by atoms with Crippen LogP contribution in [0, 0.1) is 10.1 Å². The Hall–Kier alpha value is -2.84. The number of nitro benzene ring substituents is 1. The number of benzene rings is 2. The Bertz CT molecular complexity index is 957. The Kier molecular flexibility index (Phi) is 4.97. The first-order valence-electron chi connectivity index (χ1n) is 7.34. The second kappa shape index (κ2) is 7.19. The number of carbonyl (C=O) groups is 1. The molecule has 0 bridgehead atoms. The Morgan fingerprint density at radius 3 is 2.62 bits per heavy atom. The zero-order chi connectivity index (χ0) is 18.8. The standard InChI is InChI=1S/C17H12ClN3O4S/c1-20-16(23)15(9-10-2-7-14(22)13(8-10)21(24)25)26-17(20)19-12-5-3-11(18)4-6-12/h2-9,22H,1H3/b15-9-,19-17?. The summed E-state index contributed by atoms with van der Waals surface area (Å²) in [5.41, 5.74) is 0.669. The Balaban J connectivity index is 1.91. The molecule has 0 unspecified atom stereocenters. The van der Waals surface area contributed by atoms with E-state index in [1.807, 2.05) is 0 Å². The van der Waals surface area contributed by atoms with Crippen LogP contribution in [0.1, 0.15) is 5.56 Å². The van der Waals surface area contributed by atoms with E-state index in [-0.39, 0.29) is 5.91 Å². The van der Waals surface area contributed by atoms with Gasteiger partial charge in [0.25, 0.3) is 5.91 Å². The molecule has 1 amide bonds. The summed E-state index contributed by atoms with van der Waals surface area (Å²) in [6, 6.07) is 10.8. The smallest absolute Gasteiger partial charge is 0.311 e. The molecule has 2 aromatic carbocycles. The zero-order valence-corrected chi connectivity index (χ0v) is 15.0. The lowest BCUT2D eigenvalue weighted by molar-refractivity contribution is -0.385. The summed E-state index contributed by atoms with van der Waals surface area (Å²) >= 11 is 7.01. The van der Waals surface area contributed by atoms with E-state index >= 15 is 0 Å². The first kappa shape index (κ1) is 18.0. The van der Waals surface area contributed by atoms with E-state index in [1.165, 1.54) is 29.2 Å². The highest BCUT2D eigenvalue weighted by atomic mass is 35.5. The van der Waals surface area contributed by atoms with Crippen LogP contribution in [-0.2, 0) is 4.79 Å². The fourth-order valence-corrected chi connectivity index (χ4v) is 3.32. The van der Waals surface area contributed by atoms with Crippen LogP contribution in [0.5, 0.6) is 5.75 Å². The van der Waals surface area contributed by atoms with Crippen molar-refractivity contribution in [2.24, 2.45) is 4.99 Å². The molecule has 1 aliphatic heterocycles. The number of halogens is 1. The molecule has 26 heavy (non-hydrogen) atoms. The minimum absolute atomic E-state index is 0.265. The summed E-state index contributed by atoms with van der Waals surface area (Å²) in [4.78, 5) is 28.8. The summed E-state index contributed by atoms with van der Waals surface area (Å²) in [6.45, 7) is 0. The fraction of sp³-hybridized carbons (Fsp3) is 0.0588. The van der Waals surface area contributed by atoms with Gasteiger partial charge in [0.15, 0.2) is 10.9 Å². The van der Waals surface area contributed by atoms with Gasteiger partial charge in [-0.3, -0.25) is 19.8 Å². The maximum atomic E-state index is 12.4. The molecular weight excluding hydrogens is 378 g/mol. The first-order chi connectivity index (χ1) is 12.3. The number of thioether (sulfide) groups is 1. The number of aromatic hydroxyl groups is 1. The highest BCUT2D eigenvalue weighted by molar-refractivity contribution is 8.18. The normalized spacial score (nSPS) is 17.3. The second-order valence-corrected chi connectivity index (χ2v) is 6.80. The molecule has 0 atom stereocenters. The number of amides is 1. The largest absolute Gasteiger partial charge is 0.502 e. The maximum Gasteiger partial charge on any atom is 0.311 e. The predicted octanol–water partition coefficient (Wildman–Crippen LogP) is 4.19. The molecule has 0 radical (unpaired) electrons. The minimum Gasteiger partial charge on any atom is -0.502 e. The minimum atomic E-state index is -0.680. The van der Waals surface area contributed by atoms with Gasteiger partial charge in [0.05, 0.1) is 15.5 Å². The summed E-state index contributed by atoms with van der Waals surface area (Å²) in [6.07, 6.45) is 1.53. The molecule has 3 rings (SSSR count). The van der Waals surface area contributed by atoms with E-state index < -0.39 is 16.4 Å². The molecule has 9 heteroatoms. The van der Waals surface area contributed by atoms with Gasteiger partial charge in [-0.2, -0.15) is 0 Å². The number of phenols is 1. The lowest BCUT2D eigenvalue weighted by atomic mass is 10.1. The maximum absolute atomic E-state index is 12.4. The van der Waals surface area contributed by atoms with E-state index in [4.69, 9.17) is 11.6 Å². The molecule has 0 spiro atoms. The predicted molar refractivity (Wildman–Crippen MR) is 102 cm³/mol. The molecule has 0 saturated carbocycles. The van der Waals surface area contributed by atoms with Crippen molar-refractivity contribution in [2.75, 3.05) is 7.05 Å². The molecule has 1 saturated heterocycles. The van der Waals surface area contributed by atoms with E-state index in [0.717, 1.165) is 11.8 Å². The molecule has 1 aliphatic rings. The topological polar surface area (TPSA) is 96.0 Å². The van der Waals surface area contributed by atoms with Gasteiger partial charge >= 0.3 is 5.69 Å². The number of phenolic OH excluding ortho intramolecular Hbond substituents is 1. The number of nitro groups is 1. The number of amidine groups is 1. The van der Waals surface area contributed by atoms with Crippen LogP contribution in [-0.4, -0.2) is 33.1 Å². The number of hydrogen-bond donors (Lipinski definition) is 1. The van der Waals surface area contributed by atoms with Crippen molar-refractivity contribution >= 4 is 51.9 Å². The van der Waals surface area contributed by atoms with Crippen LogP contribution in [0.2, 0.25) is 5.02 Å². The van der Waals surface area contributed by atoms with E-state index in [2.05, 4.69) is 4.99 Å². The molecular formula is C17H12ClN3O4S. The number of carbonyl (C=O) groups excluding carboxylic acids is 1. The highest BCUT2D eigenvalue weighted by Crippen LogP contribution is 2.34. The van der Waals surface area contributed by atoms with E-state index in [9.17, 15) is 20.0 Å². The molecule has 0 aliphatic carbocycles. The lowest BCUT2D eigenvalue weighted by Crippen LogP contribution is -2.23. The summed E-state index contributed by atoms with van der Waals surface area (Å²) in [7, 11) is 1.60. The van der Waals surface area contributed by atoms with Crippen LogP contribution in [0.4, 0.5) is 11.4 Å². The monoisotopic (exact) mass is 389 g/mol. The average molecular weight is 390 g/mol. The highest BCUT2D eigenvalue weighted by Gasteiger charge is 2.30. The van der Waals surface area contributed by atoms with Crippen LogP contribution in [0.15, 0.2) is 52.4 Å². The molecule has 1 fully saturated rings. The van der Waals surface area contributed by atoms with Crippen LogP contribution in [0.25, 0.3) is 6.08 Å². The van der Waals surface area contributed by atoms with Crippen LogP contribution in [0.3, 0.4) is 0 Å². The number of hydrogen-bond acceptors (Lipinski definition) is 6. The van der Waals surface area contributed by atoms with E-state index in [0.29, 0.717) is 26.3 Å². The fourth-order valence-electron chi connectivity index (χ4n) is 2.21. The third-order valence-electron chi connectivity index (χ3n) is 3.55. The van der Waals surface area contributed by atoms with Gasteiger partial charge < -0.3 is 5.11 Å². The van der Waals surface area contributed by atoms with Crippen LogP contribution >= 0.6 is 23.4 Å². The lowest BCUT2D eigenvalue weighted by Gasteiger charge is -2.07. The van der Waals surface area contributed by atoms with Gasteiger partial charge in [-0.05, 0) is 53.7 Å². The van der Waals surface area contributed by atoms with Gasteiger partial charge in [-0.1, -0.05) is 17.7 Å². The number of nitrogens with zero attached hydrogens (tertiary/aromatic N) is 3. The molecule has 2 aromatic rings. The summed E-state index contributed by atoms with van der Waals surface area (Å²) < 4.78 is 0. The second-order valence-electron chi connectivity index (χ2n) is 5.35. The number of likely N-dealkylation sites (N-methyl/N-ethyl adjacent to an activating group) is 1. The quantitative estimate of drug-likeness (QED) is 0.482. The van der Waals surface area contributed by atoms with Crippen molar-refractivity contribution < 1.29 is 14.8 Å². The third kappa shape index (κ3) is 3.71. The molecule has 0 aromatic heterocycles. The van der Waals surface area contributed by atoms with Crippen molar-refractivity contribution in [1.29, 1.82) is 0 Å². The number of rotatable bonds is 3. The molecule has 1 heterocycles. The van der Waals surface area contributed by atoms with Gasteiger partial charge in [0.1, 0.15) is 0 Å². The molecule has 1 N–H and O–H groups in total. The number of aliphatic imine (C=N–C) groups is 1. The zero-order valence-electron chi connectivity index (χ0n) is 13.4. The molecule has 7 nitrogen and oxygen atoms in total. The Morgan fingerprint density at radius 2 is 1.96 bits per heavy atom. The van der Waals surface area contributed by atoms with Crippen LogP contribution < -0.4 is 0 Å². The SMILES string of the molecule is CN1C(=O)/C(=C/c2ccc(O)c([N+](=O)[O-])c2)SC1=Nc1ccc(Cl)cc1. The summed E-state index contributed by atoms with van der Waals surface area (Å²) in [5.74, 6) is -0.692. The van der Waals surface area contributed by atoms with Crippen molar-refractivity contribution in [3.63, 3.8) is 0 Å². The Morgan fingerprint density at radius 1 is 1.27 bits per heavy atom. The molecule has 132 valence electrons. The van der Waals surface area contributed by atoms with E-state index in [1.54, 1.807) is 31.3 Å².